The van der Waals surface area contributed by atoms with Crippen LogP contribution in [-0.4, -0.2) is 14.2 Å². The van der Waals surface area contributed by atoms with Crippen molar-refractivity contribution in [1.29, 1.82) is 0 Å². The van der Waals surface area contributed by atoms with Gasteiger partial charge in [-0.15, -0.1) is 0 Å². The van der Waals surface area contributed by atoms with E-state index in [0.717, 1.165) is 16.7 Å². The van der Waals surface area contributed by atoms with Crippen molar-refractivity contribution < 1.29 is 9.84 Å². The quantitative estimate of drug-likeness (QED) is 0.807. The largest absolute Gasteiger partial charge is 0.493 e. The van der Waals surface area contributed by atoms with Crippen molar-refractivity contribution in [2.75, 3.05) is 0 Å². The zero-order chi connectivity index (χ0) is 16.7. The molecule has 0 bridgehead atoms. The molecular weight excluding hydrogens is 304 g/mol. The Hall–Kier alpha value is -2.79. The minimum atomic E-state index is -0.487. The van der Waals surface area contributed by atoms with Gasteiger partial charge in [0.2, 0.25) is 5.88 Å². The molecule has 1 aromatic heterocycles. The summed E-state index contributed by atoms with van der Waals surface area (Å²) >= 11 is 0. The van der Waals surface area contributed by atoms with E-state index in [1.807, 2.05) is 61.5 Å². The normalized spacial score (nSPS) is 16.3. The number of ether oxygens (including phenoxy) is 1. The predicted molar refractivity (Wildman–Crippen MR) is 90.0 cm³/mol. The van der Waals surface area contributed by atoms with Gasteiger partial charge < -0.3 is 9.84 Å². The van der Waals surface area contributed by atoms with Gasteiger partial charge in [0.1, 0.15) is 5.69 Å². The molecule has 5 nitrogen and oxygen atoms in total. The molecule has 2 aromatic carbocycles. The average molecular weight is 322 g/mol. The van der Waals surface area contributed by atoms with Crippen LogP contribution in [0.2, 0.25) is 0 Å². The Bertz CT molecular complexity index is 924. The lowest BCUT2D eigenvalue weighted by atomic mass is 10.1. The van der Waals surface area contributed by atoms with Crippen LogP contribution in [0, 0.1) is 6.92 Å². The maximum absolute atomic E-state index is 12.8. The number of aromatic nitrogens is 2. The third-order valence-corrected chi connectivity index (χ3v) is 4.40. The first kappa shape index (κ1) is 14.8. The topological polar surface area (TPSA) is 56.4 Å². The molecule has 0 radical (unpaired) electrons. The number of rotatable bonds is 3. The van der Waals surface area contributed by atoms with Crippen molar-refractivity contribution in [1.82, 2.24) is 9.13 Å². The first-order valence-corrected chi connectivity index (χ1v) is 7.90. The monoisotopic (exact) mass is 322 g/mol. The molecule has 1 N–H and O–H groups in total. The Kier molecular flexibility index (Phi) is 3.50. The summed E-state index contributed by atoms with van der Waals surface area (Å²) in [5.74, 6) is -0.0148. The van der Waals surface area contributed by atoms with E-state index in [1.165, 1.54) is 4.57 Å². The highest BCUT2D eigenvalue weighted by atomic mass is 16.5. The molecule has 1 unspecified atom stereocenters. The number of nitrogens with zero attached hydrogens (tertiary/aromatic N) is 2. The van der Waals surface area contributed by atoms with Gasteiger partial charge >= 0.3 is 5.69 Å². The molecule has 0 saturated carbocycles. The maximum atomic E-state index is 12.8. The lowest BCUT2D eigenvalue weighted by Gasteiger charge is -2.12. The summed E-state index contributed by atoms with van der Waals surface area (Å²) in [5.41, 5.74) is 3.30. The van der Waals surface area contributed by atoms with Gasteiger partial charge in [0.15, 0.2) is 6.23 Å². The molecule has 0 spiro atoms. The van der Waals surface area contributed by atoms with E-state index in [9.17, 15) is 9.90 Å². The van der Waals surface area contributed by atoms with E-state index >= 15 is 0 Å². The van der Waals surface area contributed by atoms with Gasteiger partial charge in [-0.1, -0.05) is 60.2 Å². The molecule has 0 amide bonds. The number of imidazole rings is 1. The smallest absolute Gasteiger partial charge is 0.334 e. The van der Waals surface area contributed by atoms with Crippen molar-refractivity contribution >= 4 is 0 Å². The van der Waals surface area contributed by atoms with E-state index in [-0.39, 0.29) is 18.2 Å². The summed E-state index contributed by atoms with van der Waals surface area (Å²) in [5, 5.41) is 10.5. The number of hydrogen-bond donors (Lipinski definition) is 1. The number of fused-ring (bicyclic) bond motifs is 1. The highest BCUT2D eigenvalue weighted by Gasteiger charge is 2.32. The zero-order valence-electron chi connectivity index (χ0n) is 13.3. The van der Waals surface area contributed by atoms with Crippen LogP contribution in [0.5, 0.6) is 5.88 Å². The van der Waals surface area contributed by atoms with Gasteiger partial charge in [0, 0.05) is 5.56 Å². The van der Waals surface area contributed by atoms with Crippen molar-refractivity contribution in [2.24, 2.45) is 0 Å². The molecule has 2 heterocycles. The Balaban J connectivity index is 1.74. The summed E-state index contributed by atoms with van der Waals surface area (Å²) in [7, 11) is 0. The van der Waals surface area contributed by atoms with E-state index in [1.54, 1.807) is 4.57 Å². The van der Waals surface area contributed by atoms with Crippen LogP contribution in [0.3, 0.4) is 0 Å². The second-order valence-corrected chi connectivity index (χ2v) is 6.07. The van der Waals surface area contributed by atoms with E-state index in [0.29, 0.717) is 12.2 Å². The van der Waals surface area contributed by atoms with E-state index in [2.05, 4.69) is 0 Å². The van der Waals surface area contributed by atoms with E-state index < -0.39 is 6.23 Å². The molecule has 1 aliphatic rings. The van der Waals surface area contributed by atoms with Gasteiger partial charge in [-0.05, 0) is 12.5 Å². The minimum absolute atomic E-state index is 0.0148. The highest BCUT2D eigenvalue weighted by molar-refractivity contribution is 5.29. The Morgan fingerprint density at radius 3 is 2.54 bits per heavy atom. The summed E-state index contributed by atoms with van der Waals surface area (Å²) < 4.78 is 8.66. The molecule has 5 heteroatoms. The van der Waals surface area contributed by atoms with Crippen LogP contribution >= 0.6 is 0 Å². The van der Waals surface area contributed by atoms with Gasteiger partial charge in [-0.2, -0.15) is 0 Å². The Morgan fingerprint density at radius 2 is 1.83 bits per heavy atom. The second-order valence-electron chi connectivity index (χ2n) is 6.07. The maximum Gasteiger partial charge on any atom is 0.334 e. The minimum Gasteiger partial charge on any atom is -0.493 e. The fourth-order valence-electron chi connectivity index (χ4n) is 3.09. The fraction of sp³-hybridized carbons (Fsp3) is 0.211. The van der Waals surface area contributed by atoms with Crippen LogP contribution in [0.25, 0.3) is 0 Å². The first-order valence-electron chi connectivity index (χ1n) is 7.90. The number of aryl methyl sites for hydroxylation is 1. The van der Waals surface area contributed by atoms with Crippen LogP contribution in [0.4, 0.5) is 0 Å². The Labute approximate surface area is 139 Å². The summed E-state index contributed by atoms with van der Waals surface area (Å²) in [6.45, 7) is 2.58. The van der Waals surface area contributed by atoms with Crippen molar-refractivity contribution in [3.63, 3.8) is 0 Å². The molecule has 0 aliphatic carbocycles. The summed E-state index contributed by atoms with van der Waals surface area (Å²) in [6.07, 6.45) is -0.487. The molecule has 0 fully saturated rings. The van der Waals surface area contributed by atoms with Crippen molar-refractivity contribution in [2.45, 2.75) is 26.3 Å². The molecule has 1 atom stereocenters. The average Bonchev–Trinajstić information content (AvgIpc) is 3.14. The van der Waals surface area contributed by atoms with Crippen molar-refractivity contribution in [3.8, 4) is 5.88 Å². The van der Waals surface area contributed by atoms with Gasteiger partial charge in [0.05, 0.1) is 13.2 Å². The predicted octanol–water partition coefficient (Wildman–Crippen LogP) is 2.79. The molecule has 0 saturated heterocycles. The Morgan fingerprint density at radius 1 is 1.12 bits per heavy atom. The standard InChI is InChI=1S/C19H18N2O3/c1-13-7-9-14(10-8-13)11-20-17(22)16-12-24-18(21(16)19(20)23)15-5-3-2-4-6-15/h2-10,18,22H,11-12H2,1H3. The SMILES string of the molecule is Cc1ccc(Cn2c(O)c3n(c2=O)C(c2ccccc2)OC3)cc1. The van der Waals surface area contributed by atoms with Crippen LogP contribution in [0.1, 0.15) is 28.6 Å². The molecule has 122 valence electrons. The third kappa shape index (κ3) is 2.34. The molecule has 1 aliphatic heterocycles. The lowest BCUT2D eigenvalue weighted by molar-refractivity contribution is 0.0590. The van der Waals surface area contributed by atoms with Crippen LogP contribution < -0.4 is 5.69 Å². The van der Waals surface area contributed by atoms with Gasteiger partial charge in [-0.3, -0.25) is 9.13 Å². The van der Waals surface area contributed by atoms with Crippen molar-refractivity contribution in [3.05, 3.63) is 87.5 Å². The van der Waals surface area contributed by atoms with E-state index in [4.69, 9.17) is 4.74 Å². The number of benzene rings is 2. The molecular formula is C19H18N2O3. The summed E-state index contributed by atoms with van der Waals surface area (Å²) in [6, 6.07) is 17.5. The number of hydrogen-bond acceptors (Lipinski definition) is 3. The first-order chi connectivity index (χ1) is 11.6. The van der Waals surface area contributed by atoms with Crippen LogP contribution in [-0.2, 0) is 17.9 Å². The lowest BCUT2D eigenvalue weighted by Crippen LogP contribution is -2.27. The van der Waals surface area contributed by atoms with Gasteiger partial charge in [0.25, 0.3) is 0 Å². The molecule has 4 rings (SSSR count). The second kappa shape index (κ2) is 5.69. The van der Waals surface area contributed by atoms with Crippen LogP contribution in [0.15, 0.2) is 59.4 Å². The fourth-order valence-corrected chi connectivity index (χ4v) is 3.09. The number of aromatic hydroxyl groups is 1. The summed E-state index contributed by atoms with van der Waals surface area (Å²) in [4.78, 5) is 12.8. The van der Waals surface area contributed by atoms with Gasteiger partial charge in [-0.25, -0.2) is 4.79 Å². The zero-order valence-corrected chi connectivity index (χ0v) is 13.3. The third-order valence-electron chi connectivity index (χ3n) is 4.40. The highest BCUT2D eigenvalue weighted by Crippen LogP contribution is 2.32. The molecule has 24 heavy (non-hydrogen) atoms. The molecule has 3 aromatic rings.